The van der Waals surface area contributed by atoms with Crippen LogP contribution in [-0.4, -0.2) is 52.3 Å². The number of hydrogen-bond donors (Lipinski definition) is 3. The minimum absolute atomic E-state index is 0.0592. The average molecular weight is 314 g/mol. The Labute approximate surface area is 135 Å². The summed E-state index contributed by atoms with van der Waals surface area (Å²) >= 11 is 0. The van der Waals surface area contributed by atoms with Gasteiger partial charge >= 0.3 is 0 Å². The third-order valence-electron chi connectivity index (χ3n) is 3.49. The Bertz CT molecular complexity index is 309. The molecule has 0 rings (SSSR count). The highest BCUT2D eigenvalue weighted by molar-refractivity contribution is 5.86. The Morgan fingerprint density at radius 3 is 2.50 bits per heavy atom. The second-order valence-corrected chi connectivity index (χ2v) is 5.45. The van der Waals surface area contributed by atoms with E-state index in [2.05, 4.69) is 34.8 Å². The van der Waals surface area contributed by atoms with E-state index in [1.54, 1.807) is 14.2 Å². The molecule has 0 spiro atoms. The minimum atomic E-state index is -0.0592. The molecule has 22 heavy (non-hydrogen) atoms. The third-order valence-corrected chi connectivity index (χ3v) is 3.49. The topological polar surface area (TPSA) is 74.8 Å². The molecule has 6 nitrogen and oxygen atoms in total. The molecule has 1 atom stereocenters. The Morgan fingerprint density at radius 1 is 1.14 bits per heavy atom. The number of nitrogens with zero attached hydrogens (tertiary/aromatic N) is 1. The van der Waals surface area contributed by atoms with Crippen molar-refractivity contribution < 1.29 is 9.53 Å². The van der Waals surface area contributed by atoms with Crippen LogP contribution >= 0.6 is 0 Å². The van der Waals surface area contributed by atoms with Crippen LogP contribution in [0.4, 0.5) is 0 Å². The van der Waals surface area contributed by atoms with Gasteiger partial charge in [0.1, 0.15) is 0 Å². The average Bonchev–Trinajstić information content (AvgIpc) is 2.52. The molecule has 0 aliphatic carbocycles. The summed E-state index contributed by atoms with van der Waals surface area (Å²) in [4.78, 5) is 15.8. The first-order valence-corrected chi connectivity index (χ1v) is 8.38. The number of guanidine groups is 1. The van der Waals surface area contributed by atoms with Gasteiger partial charge in [-0.1, -0.05) is 33.1 Å². The maximum atomic E-state index is 11.6. The molecule has 1 amide bonds. The number of rotatable bonds is 12. The van der Waals surface area contributed by atoms with Crippen LogP contribution < -0.4 is 16.0 Å². The summed E-state index contributed by atoms with van der Waals surface area (Å²) in [6, 6.07) is 0. The number of carbonyl (C=O) groups is 1. The fourth-order valence-electron chi connectivity index (χ4n) is 2.23. The summed E-state index contributed by atoms with van der Waals surface area (Å²) < 4.78 is 4.89. The SMILES string of the molecule is CCCCC(CCC)CNC(=NC)NCC(=O)NCCOC. The van der Waals surface area contributed by atoms with Gasteiger partial charge in [-0.2, -0.15) is 0 Å². The van der Waals surface area contributed by atoms with Gasteiger partial charge in [0, 0.05) is 27.2 Å². The molecule has 0 heterocycles. The molecule has 0 fully saturated rings. The molecule has 0 bridgehead atoms. The monoisotopic (exact) mass is 314 g/mol. The van der Waals surface area contributed by atoms with Gasteiger partial charge in [0.2, 0.25) is 5.91 Å². The molecule has 0 aromatic rings. The molecule has 0 aromatic heterocycles. The van der Waals surface area contributed by atoms with E-state index in [9.17, 15) is 4.79 Å². The number of nitrogens with one attached hydrogen (secondary N) is 3. The molecule has 0 aliphatic heterocycles. The van der Waals surface area contributed by atoms with Gasteiger partial charge in [0.05, 0.1) is 13.2 Å². The van der Waals surface area contributed by atoms with Gasteiger partial charge in [0.25, 0.3) is 0 Å². The van der Waals surface area contributed by atoms with Gasteiger partial charge in [-0.25, -0.2) is 0 Å². The van der Waals surface area contributed by atoms with E-state index in [1.165, 1.54) is 32.1 Å². The van der Waals surface area contributed by atoms with Crippen molar-refractivity contribution in [2.75, 3.05) is 40.4 Å². The lowest BCUT2D eigenvalue weighted by atomic mass is 9.97. The number of unbranched alkanes of at least 4 members (excludes halogenated alkanes) is 1. The maximum Gasteiger partial charge on any atom is 0.239 e. The smallest absolute Gasteiger partial charge is 0.239 e. The Hall–Kier alpha value is -1.30. The van der Waals surface area contributed by atoms with Crippen LogP contribution in [-0.2, 0) is 9.53 Å². The minimum Gasteiger partial charge on any atom is -0.383 e. The van der Waals surface area contributed by atoms with Crippen LogP contribution in [0.25, 0.3) is 0 Å². The number of hydrogen-bond acceptors (Lipinski definition) is 3. The Morgan fingerprint density at radius 2 is 1.91 bits per heavy atom. The highest BCUT2D eigenvalue weighted by Crippen LogP contribution is 2.13. The zero-order valence-electron chi connectivity index (χ0n) is 14.7. The van der Waals surface area contributed by atoms with Crippen molar-refractivity contribution in [3.8, 4) is 0 Å². The molecule has 0 saturated carbocycles. The van der Waals surface area contributed by atoms with Gasteiger partial charge in [0.15, 0.2) is 5.96 Å². The predicted molar refractivity (Wildman–Crippen MR) is 92.2 cm³/mol. The molecule has 3 N–H and O–H groups in total. The largest absolute Gasteiger partial charge is 0.383 e. The van der Waals surface area contributed by atoms with Crippen molar-refractivity contribution in [1.29, 1.82) is 0 Å². The number of ether oxygens (including phenoxy) is 1. The predicted octanol–water partition coefficient (Wildman–Crippen LogP) is 1.52. The quantitative estimate of drug-likeness (QED) is 0.290. The fraction of sp³-hybridized carbons (Fsp3) is 0.875. The molecular formula is C16H34N4O2. The van der Waals surface area contributed by atoms with Crippen molar-refractivity contribution in [1.82, 2.24) is 16.0 Å². The van der Waals surface area contributed by atoms with Crippen LogP contribution in [0, 0.1) is 5.92 Å². The fourth-order valence-corrected chi connectivity index (χ4v) is 2.23. The molecule has 130 valence electrons. The summed E-state index contributed by atoms with van der Waals surface area (Å²) in [6.45, 7) is 6.61. The Kier molecular flexibility index (Phi) is 13.8. The normalized spacial score (nSPS) is 12.8. The van der Waals surface area contributed by atoms with Crippen LogP contribution in [0.1, 0.15) is 46.0 Å². The van der Waals surface area contributed by atoms with E-state index in [0.717, 1.165) is 6.54 Å². The molecule has 0 radical (unpaired) electrons. The van der Waals surface area contributed by atoms with Crippen molar-refractivity contribution in [3.05, 3.63) is 0 Å². The zero-order valence-corrected chi connectivity index (χ0v) is 14.7. The van der Waals surface area contributed by atoms with E-state index in [-0.39, 0.29) is 12.5 Å². The van der Waals surface area contributed by atoms with Gasteiger partial charge in [-0.05, 0) is 18.8 Å². The van der Waals surface area contributed by atoms with E-state index in [0.29, 0.717) is 25.0 Å². The first-order valence-electron chi connectivity index (χ1n) is 8.38. The first-order chi connectivity index (χ1) is 10.7. The zero-order chi connectivity index (χ0) is 16.6. The second-order valence-electron chi connectivity index (χ2n) is 5.45. The van der Waals surface area contributed by atoms with Gasteiger partial charge in [-0.3, -0.25) is 9.79 Å². The standard InChI is InChI=1S/C16H34N4O2/c1-5-7-9-14(8-6-2)12-19-16(17-3)20-13-15(21)18-10-11-22-4/h14H,5-13H2,1-4H3,(H,18,21)(H2,17,19,20). The summed E-state index contributed by atoms with van der Waals surface area (Å²) in [6.07, 6.45) is 6.16. The van der Waals surface area contributed by atoms with Crippen molar-refractivity contribution >= 4 is 11.9 Å². The van der Waals surface area contributed by atoms with Crippen LogP contribution in [0.5, 0.6) is 0 Å². The number of carbonyl (C=O) groups excluding carboxylic acids is 1. The summed E-state index contributed by atoms with van der Waals surface area (Å²) in [5, 5.41) is 9.12. The summed E-state index contributed by atoms with van der Waals surface area (Å²) in [5.41, 5.74) is 0. The lowest BCUT2D eigenvalue weighted by Gasteiger charge is -2.18. The van der Waals surface area contributed by atoms with E-state index < -0.39 is 0 Å². The van der Waals surface area contributed by atoms with E-state index >= 15 is 0 Å². The van der Waals surface area contributed by atoms with E-state index in [4.69, 9.17) is 4.74 Å². The van der Waals surface area contributed by atoms with Crippen LogP contribution in [0.2, 0.25) is 0 Å². The van der Waals surface area contributed by atoms with Crippen molar-refractivity contribution in [3.63, 3.8) is 0 Å². The number of amides is 1. The maximum absolute atomic E-state index is 11.6. The lowest BCUT2D eigenvalue weighted by Crippen LogP contribution is -2.44. The van der Waals surface area contributed by atoms with Gasteiger partial charge in [-0.15, -0.1) is 0 Å². The molecule has 0 aromatic carbocycles. The molecule has 0 aliphatic rings. The molecule has 1 unspecified atom stereocenters. The highest BCUT2D eigenvalue weighted by atomic mass is 16.5. The molecule has 6 heteroatoms. The number of aliphatic imine (C=N–C) groups is 1. The van der Waals surface area contributed by atoms with E-state index in [1.807, 2.05) is 0 Å². The molecule has 0 saturated heterocycles. The van der Waals surface area contributed by atoms with Crippen molar-refractivity contribution in [2.45, 2.75) is 46.0 Å². The van der Waals surface area contributed by atoms with Gasteiger partial charge < -0.3 is 20.7 Å². The first kappa shape index (κ1) is 20.7. The van der Waals surface area contributed by atoms with Crippen LogP contribution in [0.3, 0.4) is 0 Å². The number of methoxy groups -OCH3 is 1. The lowest BCUT2D eigenvalue weighted by molar-refractivity contribution is -0.120. The highest BCUT2D eigenvalue weighted by Gasteiger charge is 2.09. The second kappa shape index (κ2) is 14.6. The third kappa shape index (κ3) is 11.4. The Balaban J connectivity index is 4.01. The van der Waals surface area contributed by atoms with Crippen LogP contribution in [0.15, 0.2) is 4.99 Å². The summed E-state index contributed by atoms with van der Waals surface area (Å²) in [5.74, 6) is 1.29. The summed E-state index contributed by atoms with van der Waals surface area (Å²) in [7, 11) is 3.33. The molecular weight excluding hydrogens is 280 g/mol. The van der Waals surface area contributed by atoms with Crippen molar-refractivity contribution in [2.24, 2.45) is 10.9 Å².